The molecular weight excluding hydrogens is 322 g/mol. The Balaban J connectivity index is 2.98. The van der Waals surface area contributed by atoms with Crippen molar-refractivity contribution in [3.63, 3.8) is 0 Å². The third kappa shape index (κ3) is 3.78. The summed E-state index contributed by atoms with van der Waals surface area (Å²) in [5.41, 5.74) is 6.72. The SMILES string of the molecule is CC(C)Oc1c(Br)cc(CCN)cc1Br. The summed E-state index contributed by atoms with van der Waals surface area (Å²) in [6, 6.07) is 4.10. The summed E-state index contributed by atoms with van der Waals surface area (Å²) in [6.07, 6.45) is 1.04. The van der Waals surface area contributed by atoms with E-state index in [1.165, 1.54) is 5.56 Å². The van der Waals surface area contributed by atoms with Crippen molar-refractivity contribution >= 4 is 31.9 Å². The summed E-state index contributed by atoms with van der Waals surface area (Å²) < 4.78 is 7.62. The van der Waals surface area contributed by atoms with Gasteiger partial charge in [0.05, 0.1) is 15.0 Å². The molecule has 0 saturated carbocycles. The minimum atomic E-state index is 0.165. The Morgan fingerprint density at radius 3 is 2.20 bits per heavy atom. The number of hydrogen-bond acceptors (Lipinski definition) is 2. The predicted molar refractivity (Wildman–Crippen MR) is 70.4 cm³/mol. The molecule has 1 rings (SSSR count). The second kappa shape index (κ2) is 5.87. The average Bonchev–Trinajstić information content (AvgIpc) is 2.11. The van der Waals surface area contributed by atoms with E-state index in [2.05, 4.69) is 44.0 Å². The molecule has 0 aromatic heterocycles. The maximum atomic E-state index is 5.68. The van der Waals surface area contributed by atoms with Gasteiger partial charge in [-0.1, -0.05) is 0 Å². The van der Waals surface area contributed by atoms with Crippen LogP contribution in [0, 0.1) is 0 Å². The highest BCUT2D eigenvalue weighted by atomic mass is 79.9. The van der Waals surface area contributed by atoms with Crippen LogP contribution in [0.3, 0.4) is 0 Å². The van der Waals surface area contributed by atoms with Gasteiger partial charge >= 0.3 is 0 Å². The first-order chi connectivity index (χ1) is 7.04. The van der Waals surface area contributed by atoms with Gasteiger partial charge < -0.3 is 10.5 Å². The molecule has 84 valence electrons. The number of hydrogen-bond donors (Lipinski definition) is 1. The lowest BCUT2D eigenvalue weighted by Crippen LogP contribution is -2.07. The molecule has 2 nitrogen and oxygen atoms in total. The van der Waals surface area contributed by atoms with Crippen molar-refractivity contribution in [1.29, 1.82) is 0 Å². The van der Waals surface area contributed by atoms with Crippen LogP contribution in [-0.2, 0) is 6.42 Å². The lowest BCUT2D eigenvalue weighted by molar-refractivity contribution is 0.239. The molecule has 0 heterocycles. The van der Waals surface area contributed by atoms with Crippen molar-refractivity contribution in [3.05, 3.63) is 26.6 Å². The second-order valence-electron chi connectivity index (χ2n) is 3.59. The average molecular weight is 337 g/mol. The first kappa shape index (κ1) is 13.0. The molecule has 0 aliphatic rings. The van der Waals surface area contributed by atoms with Crippen molar-refractivity contribution in [1.82, 2.24) is 0 Å². The van der Waals surface area contributed by atoms with Crippen LogP contribution in [0.5, 0.6) is 5.75 Å². The normalized spacial score (nSPS) is 10.8. The van der Waals surface area contributed by atoms with E-state index in [4.69, 9.17) is 10.5 Å². The van der Waals surface area contributed by atoms with Gasteiger partial charge in [-0.3, -0.25) is 0 Å². The molecule has 0 unspecified atom stereocenters. The maximum absolute atomic E-state index is 5.68. The zero-order chi connectivity index (χ0) is 11.4. The summed E-state index contributed by atoms with van der Waals surface area (Å²) in [5.74, 6) is 0.853. The van der Waals surface area contributed by atoms with Crippen molar-refractivity contribution in [2.24, 2.45) is 5.73 Å². The highest BCUT2D eigenvalue weighted by Crippen LogP contribution is 2.35. The molecule has 0 radical (unpaired) electrons. The van der Waals surface area contributed by atoms with E-state index in [0.717, 1.165) is 21.1 Å². The highest BCUT2D eigenvalue weighted by Gasteiger charge is 2.10. The van der Waals surface area contributed by atoms with E-state index in [0.29, 0.717) is 6.54 Å². The van der Waals surface area contributed by atoms with E-state index in [1.807, 2.05) is 13.8 Å². The Hall–Kier alpha value is -0.0600. The molecular formula is C11H15Br2NO. The third-order valence-corrected chi connectivity index (χ3v) is 3.02. The topological polar surface area (TPSA) is 35.2 Å². The smallest absolute Gasteiger partial charge is 0.148 e. The lowest BCUT2D eigenvalue weighted by Gasteiger charge is -2.14. The molecule has 15 heavy (non-hydrogen) atoms. The first-order valence-electron chi connectivity index (χ1n) is 4.89. The van der Waals surface area contributed by atoms with Crippen molar-refractivity contribution in [2.45, 2.75) is 26.4 Å². The van der Waals surface area contributed by atoms with E-state index >= 15 is 0 Å². The summed E-state index contributed by atoms with van der Waals surface area (Å²) in [4.78, 5) is 0. The summed E-state index contributed by atoms with van der Waals surface area (Å²) >= 11 is 7.00. The predicted octanol–water partition coefficient (Wildman–Crippen LogP) is 3.50. The summed E-state index contributed by atoms with van der Waals surface area (Å²) in [6.45, 7) is 4.67. The van der Waals surface area contributed by atoms with Gasteiger partial charge in [0.1, 0.15) is 5.75 Å². The van der Waals surface area contributed by atoms with Gasteiger partial charge in [-0.25, -0.2) is 0 Å². The van der Waals surface area contributed by atoms with Gasteiger partial charge in [0, 0.05) is 0 Å². The third-order valence-electron chi connectivity index (χ3n) is 1.84. The molecule has 0 saturated heterocycles. The Morgan fingerprint density at radius 2 is 1.80 bits per heavy atom. The molecule has 1 aromatic rings. The van der Waals surface area contributed by atoms with Crippen LogP contribution < -0.4 is 10.5 Å². The zero-order valence-corrected chi connectivity index (χ0v) is 12.1. The molecule has 0 fully saturated rings. The Bertz CT molecular complexity index is 316. The van der Waals surface area contributed by atoms with Crippen LogP contribution in [0.2, 0.25) is 0 Å². The van der Waals surface area contributed by atoms with Crippen molar-refractivity contribution < 1.29 is 4.74 Å². The number of rotatable bonds is 4. The fourth-order valence-electron chi connectivity index (χ4n) is 1.27. The quantitative estimate of drug-likeness (QED) is 0.913. The number of halogens is 2. The van der Waals surface area contributed by atoms with Crippen LogP contribution in [-0.4, -0.2) is 12.6 Å². The Kier molecular flexibility index (Phi) is 5.09. The van der Waals surface area contributed by atoms with Crippen molar-refractivity contribution in [3.8, 4) is 5.75 Å². The molecule has 1 aromatic carbocycles. The van der Waals surface area contributed by atoms with Crippen LogP contribution in [0.25, 0.3) is 0 Å². The molecule has 0 aliphatic carbocycles. The van der Waals surface area contributed by atoms with Crippen LogP contribution in [0.15, 0.2) is 21.1 Å². The summed E-state index contributed by atoms with van der Waals surface area (Å²) in [7, 11) is 0. The Labute approximate surface area is 107 Å². The molecule has 0 bridgehead atoms. The molecule has 2 N–H and O–H groups in total. The van der Waals surface area contributed by atoms with E-state index in [9.17, 15) is 0 Å². The van der Waals surface area contributed by atoms with Gasteiger partial charge in [-0.15, -0.1) is 0 Å². The second-order valence-corrected chi connectivity index (χ2v) is 5.30. The molecule has 0 atom stereocenters. The minimum Gasteiger partial charge on any atom is -0.489 e. The lowest BCUT2D eigenvalue weighted by atomic mass is 10.1. The standard InChI is InChI=1S/C11H15Br2NO/c1-7(2)15-11-9(12)5-8(3-4-14)6-10(11)13/h5-7H,3-4,14H2,1-2H3. The Morgan fingerprint density at radius 1 is 1.27 bits per heavy atom. The summed E-state index contributed by atoms with van der Waals surface area (Å²) in [5, 5.41) is 0. The fraction of sp³-hybridized carbons (Fsp3) is 0.455. The van der Waals surface area contributed by atoms with E-state index in [1.54, 1.807) is 0 Å². The van der Waals surface area contributed by atoms with E-state index < -0.39 is 0 Å². The maximum Gasteiger partial charge on any atom is 0.148 e. The molecule has 0 spiro atoms. The molecule has 0 aliphatic heterocycles. The van der Waals surface area contributed by atoms with Crippen LogP contribution in [0.1, 0.15) is 19.4 Å². The van der Waals surface area contributed by atoms with Crippen molar-refractivity contribution in [2.75, 3.05) is 6.54 Å². The monoisotopic (exact) mass is 335 g/mol. The molecule has 0 amide bonds. The fourth-order valence-corrected chi connectivity index (χ4v) is 2.74. The zero-order valence-electron chi connectivity index (χ0n) is 8.89. The van der Waals surface area contributed by atoms with Crippen LogP contribution >= 0.6 is 31.9 Å². The largest absolute Gasteiger partial charge is 0.489 e. The highest BCUT2D eigenvalue weighted by molar-refractivity contribution is 9.11. The first-order valence-corrected chi connectivity index (χ1v) is 6.47. The van der Waals surface area contributed by atoms with Gasteiger partial charge in [0.15, 0.2) is 0 Å². The number of benzene rings is 1. The van der Waals surface area contributed by atoms with Gasteiger partial charge in [-0.05, 0) is 76.4 Å². The number of nitrogens with two attached hydrogens (primary N) is 1. The molecule has 4 heteroatoms. The van der Waals surface area contributed by atoms with Gasteiger partial charge in [0.25, 0.3) is 0 Å². The van der Waals surface area contributed by atoms with Crippen LogP contribution in [0.4, 0.5) is 0 Å². The number of ether oxygens (including phenoxy) is 1. The van der Waals surface area contributed by atoms with Gasteiger partial charge in [0.2, 0.25) is 0 Å². The van der Waals surface area contributed by atoms with Gasteiger partial charge in [-0.2, -0.15) is 0 Å². The van der Waals surface area contributed by atoms with E-state index in [-0.39, 0.29) is 6.10 Å². The minimum absolute atomic E-state index is 0.165.